The van der Waals surface area contributed by atoms with Gasteiger partial charge in [-0.2, -0.15) is 27.1 Å². The highest BCUT2D eigenvalue weighted by Crippen LogP contribution is 2.37. The molecule has 0 radical (unpaired) electrons. The zero-order chi connectivity index (χ0) is 20.3. The molecule has 3 heterocycles. The summed E-state index contributed by atoms with van der Waals surface area (Å²) in [7, 11) is 0. The van der Waals surface area contributed by atoms with Gasteiger partial charge in [-0.25, -0.2) is 9.97 Å². The Kier molecular flexibility index (Phi) is 3.91. The number of H-pyrrole nitrogens is 1. The second-order valence-electron chi connectivity index (χ2n) is 6.46. The summed E-state index contributed by atoms with van der Waals surface area (Å²) in [5, 5.41) is 7.35. The maximum atomic E-state index is 14.6. The van der Waals surface area contributed by atoms with Crippen molar-refractivity contribution in [2.45, 2.75) is 32.4 Å². The number of nitrogens with zero attached hydrogens (tertiary/aromatic N) is 4. The van der Waals surface area contributed by atoms with Crippen molar-refractivity contribution in [3.8, 4) is 5.69 Å². The summed E-state index contributed by atoms with van der Waals surface area (Å²) in [6.45, 7) is 3.03. The van der Waals surface area contributed by atoms with Gasteiger partial charge < -0.3 is 0 Å². The fourth-order valence-electron chi connectivity index (χ4n) is 3.11. The minimum atomic E-state index is -4.71. The summed E-state index contributed by atoms with van der Waals surface area (Å²) in [5.74, 6) is -4.00. The Bertz CT molecular complexity index is 1190. The van der Waals surface area contributed by atoms with E-state index in [0.29, 0.717) is 16.5 Å². The number of halogens is 5. The van der Waals surface area contributed by atoms with Crippen LogP contribution in [-0.2, 0) is 12.1 Å². The van der Waals surface area contributed by atoms with E-state index in [1.807, 2.05) is 0 Å². The lowest BCUT2D eigenvalue weighted by molar-refractivity contribution is -0.141. The molecule has 0 unspecified atom stereocenters. The van der Waals surface area contributed by atoms with Crippen molar-refractivity contribution in [2.24, 2.45) is 0 Å². The molecule has 0 spiro atoms. The Labute approximate surface area is 155 Å². The van der Waals surface area contributed by atoms with Crippen molar-refractivity contribution in [3.63, 3.8) is 0 Å². The number of hydrogen-bond acceptors (Lipinski definition) is 3. The Hall–Kier alpha value is -3.04. The zero-order valence-electron chi connectivity index (χ0n) is 14.8. The number of alkyl halides is 5. The lowest BCUT2D eigenvalue weighted by Crippen LogP contribution is -2.19. The standard InChI is InChI=1S/C18H14F5N5/c1-3-17(19,20)16-25-12-4-5-13(18(21,22)23)26-15(12)28(16)11-6-9(2)14-10(7-11)8-24-27-14/h4-8H,3H2,1-2H3,(H,24,27). The number of aromatic amines is 1. The summed E-state index contributed by atoms with van der Waals surface area (Å²) in [5.41, 5.74) is 0.157. The van der Waals surface area contributed by atoms with E-state index < -0.39 is 30.0 Å². The van der Waals surface area contributed by atoms with E-state index in [1.165, 1.54) is 13.1 Å². The van der Waals surface area contributed by atoms with Gasteiger partial charge in [0.25, 0.3) is 0 Å². The van der Waals surface area contributed by atoms with Crippen molar-refractivity contribution < 1.29 is 22.0 Å². The number of fused-ring (bicyclic) bond motifs is 2. The van der Waals surface area contributed by atoms with Crippen LogP contribution < -0.4 is 0 Å². The molecule has 10 heteroatoms. The van der Waals surface area contributed by atoms with Crippen molar-refractivity contribution in [2.75, 3.05) is 0 Å². The fraction of sp³-hybridized carbons (Fsp3) is 0.278. The molecule has 4 rings (SSSR count). The Morgan fingerprint density at radius 2 is 1.82 bits per heavy atom. The van der Waals surface area contributed by atoms with Gasteiger partial charge in [0.15, 0.2) is 11.5 Å². The van der Waals surface area contributed by atoms with E-state index in [-0.39, 0.29) is 16.9 Å². The third-order valence-corrected chi connectivity index (χ3v) is 4.56. The van der Waals surface area contributed by atoms with Crippen LogP contribution in [0.3, 0.4) is 0 Å². The van der Waals surface area contributed by atoms with Gasteiger partial charge in [-0.3, -0.25) is 9.67 Å². The number of rotatable bonds is 3. The minimum Gasteiger partial charge on any atom is -0.278 e. The SMILES string of the molecule is CCC(F)(F)c1nc2ccc(C(F)(F)F)nc2n1-c1cc(C)c2[nH]ncc2c1. The van der Waals surface area contributed by atoms with Crippen LogP contribution in [0.1, 0.15) is 30.4 Å². The number of aryl methyl sites for hydroxylation is 1. The third kappa shape index (κ3) is 2.79. The summed E-state index contributed by atoms with van der Waals surface area (Å²) in [4.78, 5) is 7.52. The predicted molar refractivity (Wildman–Crippen MR) is 92.4 cm³/mol. The first-order chi connectivity index (χ1) is 13.1. The van der Waals surface area contributed by atoms with E-state index in [2.05, 4.69) is 20.2 Å². The van der Waals surface area contributed by atoms with Gasteiger partial charge in [0.2, 0.25) is 0 Å². The van der Waals surface area contributed by atoms with Crippen LogP contribution in [0.15, 0.2) is 30.5 Å². The first-order valence-corrected chi connectivity index (χ1v) is 8.41. The van der Waals surface area contributed by atoms with E-state index >= 15 is 0 Å². The normalized spacial score (nSPS) is 13.0. The van der Waals surface area contributed by atoms with Gasteiger partial charge in [0.05, 0.1) is 17.4 Å². The highest BCUT2D eigenvalue weighted by atomic mass is 19.4. The Balaban J connectivity index is 2.09. The number of benzene rings is 1. The molecule has 0 aliphatic heterocycles. The van der Waals surface area contributed by atoms with E-state index in [9.17, 15) is 22.0 Å². The van der Waals surface area contributed by atoms with Crippen molar-refractivity contribution in [3.05, 3.63) is 47.5 Å². The largest absolute Gasteiger partial charge is 0.433 e. The molecule has 4 aromatic rings. The molecular formula is C18H14F5N5. The number of imidazole rings is 1. The molecule has 0 fully saturated rings. The topological polar surface area (TPSA) is 59.4 Å². The molecule has 0 amide bonds. The van der Waals surface area contributed by atoms with Gasteiger partial charge in [0.1, 0.15) is 11.2 Å². The summed E-state index contributed by atoms with van der Waals surface area (Å²) in [6.07, 6.45) is -3.76. The first kappa shape index (κ1) is 18.3. The van der Waals surface area contributed by atoms with Crippen LogP contribution in [0.2, 0.25) is 0 Å². The molecule has 0 aliphatic rings. The summed E-state index contributed by atoms with van der Waals surface area (Å²) >= 11 is 0. The second-order valence-corrected chi connectivity index (χ2v) is 6.46. The molecule has 0 saturated heterocycles. The van der Waals surface area contributed by atoms with Crippen molar-refractivity contribution >= 4 is 22.1 Å². The monoisotopic (exact) mass is 395 g/mol. The molecule has 0 bridgehead atoms. The second kappa shape index (κ2) is 5.98. The molecule has 146 valence electrons. The molecule has 0 saturated carbocycles. The van der Waals surface area contributed by atoms with Crippen molar-refractivity contribution in [1.29, 1.82) is 0 Å². The predicted octanol–water partition coefficient (Wildman–Crippen LogP) is 5.13. The maximum absolute atomic E-state index is 14.6. The average molecular weight is 395 g/mol. The van der Waals surface area contributed by atoms with Gasteiger partial charge in [0, 0.05) is 11.8 Å². The number of aromatic nitrogens is 5. The zero-order valence-corrected chi connectivity index (χ0v) is 14.8. The summed E-state index contributed by atoms with van der Waals surface area (Å²) < 4.78 is 69.6. The molecule has 1 aromatic carbocycles. The van der Waals surface area contributed by atoms with Gasteiger partial charge in [-0.15, -0.1) is 0 Å². The van der Waals surface area contributed by atoms with Crippen LogP contribution in [0.25, 0.3) is 27.8 Å². The molecule has 0 aliphatic carbocycles. The van der Waals surface area contributed by atoms with Crippen LogP contribution >= 0.6 is 0 Å². The quantitative estimate of drug-likeness (QED) is 0.490. The number of pyridine rings is 1. The Morgan fingerprint density at radius 3 is 2.50 bits per heavy atom. The highest BCUT2D eigenvalue weighted by molar-refractivity contribution is 5.85. The molecular weight excluding hydrogens is 381 g/mol. The van der Waals surface area contributed by atoms with E-state index in [4.69, 9.17) is 0 Å². The molecule has 3 aromatic heterocycles. The highest BCUT2D eigenvalue weighted by Gasteiger charge is 2.38. The van der Waals surface area contributed by atoms with Crippen molar-refractivity contribution in [1.82, 2.24) is 24.7 Å². The molecule has 5 nitrogen and oxygen atoms in total. The first-order valence-electron chi connectivity index (χ1n) is 8.41. The maximum Gasteiger partial charge on any atom is 0.433 e. The van der Waals surface area contributed by atoms with Gasteiger partial charge in [-0.1, -0.05) is 6.92 Å². The van der Waals surface area contributed by atoms with Gasteiger partial charge in [-0.05, 0) is 36.8 Å². The number of nitrogens with one attached hydrogen (secondary N) is 1. The molecule has 0 atom stereocenters. The van der Waals surface area contributed by atoms with Crippen LogP contribution in [0.5, 0.6) is 0 Å². The fourth-order valence-corrected chi connectivity index (χ4v) is 3.11. The minimum absolute atomic E-state index is 0.0407. The lowest BCUT2D eigenvalue weighted by atomic mass is 10.1. The third-order valence-electron chi connectivity index (χ3n) is 4.56. The van der Waals surface area contributed by atoms with E-state index in [1.54, 1.807) is 19.1 Å². The van der Waals surface area contributed by atoms with E-state index in [0.717, 1.165) is 16.7 Å². The lowest BCUT2D eigenvalue weighted by Gasteiger charge is -2.17. The molecule has 28 heavy (non-hydrogen) atoms. The summed E-state index contributed by atoms with van der Waals surface area (Å²) in [6, 6.07) is 4.93. The van der Waals surface area contributed by atoms with Crippen LogP contribution in [0.4, 0.5) is 22.0 Å². The van der Waals surface area contributed by atoms with Crippen LogP contribution in [0, 0.1) is 6.92 Å². The van der Waals surface area contributed by atoms with Gasteiger partial charge >= 0.3 is 12.1 Å². The average Bonchev–Trinajstić information content (AvgIpc) is 3.25. The van der Waals surface area contributed by atoms with Crippen LogP contribution in [-0.4, -0.2) is 24.7 Å². The smallest absolute Gasteiger partial charge is 0.278 e. The molecule has 1 N–H and O–H groups in total. The number of hydrogen-bond donors (Lipinski definition) is 1. The Morgan fingerprint density at radius 1 is 1.07 bits per heavy atom.